The Bertz CT molecular complexity index is 842. The van der Waals surface area contributed by atoms with Crippen molar-refractivity contribution in [3.8, 4) is 0 Å². The van der Waals surface area contributed by atoms with Crippen LogP contribution in [0.2, 0.25) is 0 Å². The van der Waals surface area contributed by atoms with E-state index in [0.29, 0.717) is 11.6 Å². The number of imidazole rings is 1. The first-order valence-corrected chi connectivity index (χ1v) is 7.39. The average Bonchev–Trinajstić information content (AvgIpc) is 2.99. The average molecular weight is 368 g/mol. The number of halogens is 3. The lowest BCUT2D eigenvalue weighted by Crippen LogP contribution is -2.39. The van der Waals surface area contributed by atoms with Gasteiger partial charge in [0.1, 0.15) is 17.5 Å². The number of nitrogen functional groups attached to an aromatic ring is 1. The molecule has 11 heteroatoms. The molecule has 0 aromatic carbocycles. The number of amides is 1. The van der Waals surface area contributed by atoms with Gasteiger partial charge in [-0.2, -0.15) is 13.2 Å². The summed E-state index contributed by atoms with van der Waals surface area (Å²) in [5.41, 5.74) is 9.56. The molecule has 26 heavy (non-hydrogen) atoms. The zero-order valence-electron chi connectivity index (χ0n) is 13.5. The second kappa shape index (κ2) is 7.78. The first-order chi connectivity index (χ1) is 12.2. The molecule has 8 nitrogen and oxygen atoms in total. The highest BCUT2D eigenvalue weighted by Gasteiger charge is 2.34. The number of allylic oxidation sites excluding steroid dienone is 1. The summed E-state index contributed by atoms with van der Waals surface area (Å²) in [5.74, 6) is -0.196. The van der Waals surface area contributed by atoms with Crippen molar-refractivity contribution in [1.82, 2.24) is 15.0 Å². The lowest BCUT2D eigenvalue weighted by atomic mass is 10.1. The Balaban J connectivity index is 2.10. The number of nitrogens with two attached hydrogens (primary N) is 3. The highest BCUT2D eigenvalue weighted by molar-refractivity contribution is 6.06. The number of nitrogens with one attached hydrogen (secondary N) is 2. The van der Waals surface area contributed by atoms with Gasteiger partial charge in [-0.05, 0) is 12.1 Å². The van der Waals surface area contributed by atoms with Gasteiger partial charge in [0, 0.05) is 25.2 Å². The molecular weight excluding hydrogens is 351 g/mol. The van der Waals surface area contributed by atoms with E-state index in [9.17, 15) is 18.0 Å². The van der Waals surface area contributed by atoms with Crippen LogP contribution in [0.25, 0.3) is 6.08 Å². The highest BCUT2D eigenvalue weighted by Crippen LogP contribution is 2.32. The molecule has 0 spiro atoms. The lowest BCUT2D eigenvalue weighted by molar-refractivity contribution is -0.137. The summed E-state index contributed by atoms with van der Waals surface area (Å²) >= 11 is 0. The van der Waals surface area contributed by atoms with Crippen LogP contribution in [-0.4, -0.2) is 33.1 Å². The van der Waals surface area contributed by atoms with Gasteiger partial charge >= 0.3 is 6.18 Å². The number of rotatable bonds is 6. The molecule has 0 saturated heterocycles. The van der Waals surface area contributed by atoms with Crippen molar-refractivity contribution >= 4 is 29.3 Å². The number of nitrogens with zero attached hydrogens (tertiary/aromatic N) is 2. The smallest absolute Gasteiger partial charge is 0.383 e. The molecule has 2 aromatic heterocycles. The van der Waals surface area contributed by atoms with Crippen molar-refractivity contribution in [3.63, 3.8) is 0 Å². The van der Waals surface area contributed by atoms with Crippen molar-refractivity contribution in [3.05, 3.63) is 41.5 Å². The Morgan fingerprint density at radius 2 is 2.08 bits per heavy atom. The summed E-state index contributed by atoms with van der Waals surface area (Å²) in [7, 11) is 0. The second-order valence-electron chi connectivity index (χ2n) is 5.21. The molecule has 0 radical (unpaired) electrons. The Kier molecular flexibility index (Phi) is 5.72. The van der Waals surface area contributed by atoms with Crippen LogP contribution in [0.4, 0.5) is 24.8 Å². The molecule has 0 unspecified atom stereocenters. The topological polar surface area (TPSA) is 148 Å². The molecule has 1 amide bonds. The largest absolute Gasteiger partial charge is 0.419 e. The molecule has 138 valence electrons. The van der Waals surface area contributed by atoms with E-state index in [1.54, 1.807) is 0 Å². The number of carbonyl (C=O) groups is 1. The van der Waals surface area contributed by atoms with E-state index in [1.165, 1.54) is 18.3 Å². The van der Waals surface area contributed by atoms with E-state index in [2.05, 4.69) is 20.3 Å². The minimum atomic E-state index is -4.63. The predicted octanol–water partition coefficient (Wildman–Crippen LogP) is -0.0454. The van der Waals surface area contributed by atoms with Gasteiger partial charge in [0.2, 0.25) is 11.6 Å². The van der Waals surface area contributed by atoms with Crippen LogP contribution in [-0.2, 0) is 11.0 Å². The normalized spacial score (nSPS) is 11.7. The Morgan fingerprint density at radius 3 is 2.73 bits per heavy atom. The number of aromatic nitrogens is 3. The molecule has 0 aliphatic heterocycles. The zero-order chi connectivity index (χ0) is 19.3. The van der Waals surface area contributed by atoms with Gasteiger partial charge in [-0.3, -0.25) is 10.2 Å². The van der Waals surface area contributed by atoms with E-state index in [-0.39, 0.29) is 30.1 Å². The fourth-order valence-corrected chi connectivity index (χ4v) is 1.95. The van der Waals surface area contributed by atoms with Gasteiger partial charge in [0.15, 0.2) is 0 Å². The quantitative estimate of drug-likeness (QED) is 0.454. The third kappa shape index (κ3) is 4.89. The number of carbonyl (C=O) groups excluding carboxylic acids is 1. The van der Waals surface area contributed by atoms with Gasteiger partial charge in [0.05, 0.1) is 17.3 Å². The number of anilines is 2. The Morgan fingerprint density at radius 1 is 1.35 bits per heavy atom. The standard InChI is InChI=1S/C15H16F3N7O/c16-15(17,18)9-5-8(6-23-14(9)21)10(20)1-2-11-22-7-12(24-11)25-13(26)3-4-19/h1-2,5-7,20H,3-4,19H2,(H2,21,23)(H,22,24)(H,25,26)/p+1/b2-1-,20-10?. The predicted molar refractivity (Wildman–Crippen MR) is 89.6 cm³/mol. The molecule has 0 aliphatic rings. The number of hydrogen-bond donors (Lipinski definition) is 5. The van der Waals surface area contributed by atoms with Crippen LogP contribution in [0.3, 0.4) is 0 Å². The molecule has 2 heterocycles. The molecule has 0 atom stereocenters. The number of hydrogen-bond acceptors (Lipinski definition) is 5. The first-order valence-electron chi connectivity index (χ1n) is 7.39. The van der Waals surface area contributed by atoms with Crippen LogP contribution in [0.15, 0.2) is 24.5 Å². The molecular formula is C15H17F3N7O+. The van der Waals surface area contributed by atoms with Gasteiger partial charge in [-0.1, -0.05) is 0 Å². The van der Waals surface area contributed by atoms with Crippen LogP contribution in [0.1, 0.15) is 23.4 Å². The van der Waals surface area contributed by atoms with E-state index < -0.39 is 17.6 Å². The van der Waals surface area contributed by atoms with Crippen molar-refractivity contribution in [2.75, 3.05) is 17.6 Å². The van der Waals surface area contributed by atoms with Gasteiger partial charge < -0.3 is 21.8 Å². The fourth-order valence-electron chi connectivity index (χ4n) is 1.95. The van der Waals surface area contributed by atoms with Crippen molar-refractivity contribution in [1.29, 1.82) is 0 Å². The number of alkyl halides is 3. The van der Waals surface area contributed by atoms with Crippen molar-refractivity contribution in [2.24, 2.45) is 5.73 Å². The summed E-state index contributed by atoms with van der Waals surface area (Å²) in [6.45, 7) is 0.216. The molecule has 8 N–H and O–H groups in total. The first kappa shape index (κ1) is 19.1. The summed E-state index contributed by atoms with van der Waals surface area (Å²) in [5, 5.41) is 8.34. The number of pyridine rings is 1. The molecule has 2 aromatic rings. The van der Waals surface area contributed by atoms with E-state index in [0.717, 1.165) is 12.3 Å². The third-order valence-corrected chi connectivity index (χ3v) is 3.22. The maximum absolute atomic E-state index is 12.9. The van der Waals surface area contributed by atoms with Crippen LogP contribution in [0.5, 0.6) is 0 Å². The third-order valence-electron chi connectivity index (χ3n) is 3.22. The lowest BCUT2D eigenvalue weighted by Gasteiger charge is -2.09. The molecule has 2 rings (SSSR count). The molecule has 0 fully saturated rings. The van der Waals surface area contributed by atoms with E-state index in [1.807, 2.05) is 0 Å². The van der Waals surface area contributed by atoms with Crippen molar-refractivity contribution in [2.45, 2.75) is 12.6 Å². The summed E-state index contributed by atoms with van der Waals surface area (Å²) in [4.78, 5) is 21.7. The van der Waals surface area contributed by atoms with Gasteiger partial charge in [0.25, 0.3) is 0 Å². The highest BCUT2D eigenvalue weighted by atomic mass is 19.4. The Labute approximate surface area is 146 Å². The maximum atomic E-state index is 12.9. The Hall–Kier alpha value is -3.21. The molecule has 0 bridgehead atoms. The van der Waals surface area contributed by atoms with Crippen LogP contribution >= 0.6 is 0 Å². The monoisotopic (exact) mass is 368 g/mol. The number of aromatic amines is 1. The van der Waals surface area contributed by atoms with Gasteiger partial charge in [-0.25, -0.2) is 9.97 Å². The van der Waals surface area contributed by atoms with E-state index in [4.69, 9.17) is 16.9 Å². The summed E-state index contributed by atoms with van der Waals surface area (Å²) < 4.78 is 38.6. The fraction of sp³-hybridized carbons (Fsp3) is 0.200. The second-order valence-corrected chi connectivity index (χ2v) is 5.21. The van der Waals surface area contributed by atoms with Crippen LogP contribution < -0.4 is 22.2 Å². The van der Waals surface area contributed by atoms with Crippen LogP contribution in [0, 0.1) is 0 Å². The minimum Gasteiger partial charge on any atom is -0.383 e. The number of H-pyrrole nitrogens is 1. The van der Waals surface area contributed by atoms with Gasteiger partial charge in [-0.15, -0.1) is 0 Å². The molecule has 0 saturated carbocycles. The van der Waals surface area contributed by atoms with E-state index >= 15 is 0 Å². The van der Waals surface area contributed by atoms with Crippen molar-refractivity contribution < 1.29 is 23.4 Å². The zero-order valence-corrected chi connectivity index (χ0v) is 13.5. The minimum absolute atomic E-state index is 0.0353. The summed E-state index contributed by atoms with van der Waals surface area (Å²) in [6, 6.07) is 0.822. The summed E-state index contributed by atoms with van der Waals surface area (Å²) in [6.07, 6.45) is 0.863. The maximum Gasteiger partial charge on any atom is 0.419 e. The SMILES string of the molecule is NCCC(=O)Nc1cnc(/C=C\C(=[NH2+])c2cnc(N)c(C(F)(F)F)c2)[nH]1. The molecule has 0 aliphatic carbocycles.